The molecule has 0 saturated carbocycles. The first-order valence-corrected chi connectivity index (χ1v) is 53.3. The topological polar surface area (TPSA) is 73.8 Å². The van der Waals surface area contributed by atoms with Gasteiger partial charge in [0.25, 0.3) is 0 Å². The molecule has 0 heterocycles. The van der Waals surface area contributed by atoms with Crippen LogP contribution in [-0.4, -0.2) is 107 Å². The van der Waals surface area contributed by atoms with Gasteiger partial charge in [0, 0.05) is 12.6 Å². The zero-order valence-electron chi connectivity index (χ0n) is 39.8. The van der Waals surface area contributed by atoms with Crippen molar-refractivity contribution in [1.29, 1.82) is 0 Å². The van der Waals surface area contributed by atoms with Crippen molar-refractivity contribution < 1.29 is 32.9 Å². The van der Waals surface area contributed by atoms with Crippen LogP contribution in [0.2, 0.25) is 148 Å². The van der Waals surface area contributed by atoms with Gasteiger partial charge in [0.15, 0.2) is 70.2 Å². The molecule has 0 fully saturated rings. The Balaban J connectivity index is 5.42. The Morgan fingerprint density at radius 2 is 0.618 bits per heavy atom. The van der Waals surface area contributed by atoms with Gasteiger partial charge in [-0.25, -0.2) is 0 Å². The maximum atomic E-state index is 7.32. The maximum Gasteiger partial charge on any atom is 0.468 e. The minimum Gasteiger partial charge on any atom is -0.463 e. The Morgan fingerprint density at radius 3 is 0.891 bits per heavy atom. The van der Waals surface area contributed by atoms with E-state index in [1.807, 2.05) is 0 Å². The smallest absolute Gasteiger partial charge is 0.463 e. The quantitative estimate of drug-likeness (QED) is 0.0451. The molecule has 0 radical (unpaired) electrons. The van der Waals surface area contributed by atoms with Crippen LogP contribution in [0.5, 0.6) is 0 Å². The highest BCUT2D eigenvalue weighted by Gasteiger charge is 2.48. The van der Waals surface area contributed by atoms with Crippen molar-refractivity contribution in [1.82, 2.24) is 0 Å². The molecule has 20 heteroatoms. The second-order valence-corrected chi connectivity index (χ2v) is 55.7. The second-order valence-electron chi connectivity index (χ2n) is 19.4. The predicted octanol–water partition coefficient (Wildman–Crippen LogP) is 9.84. The first kappa shape index (κ1) is 57.3. The van der Waals surface area contributed by atoms with Crippen molar-refractivity contribution >= 4 is 107 Å². The number of hydrogen-bond donors (Lipinski definition) is 0. The van der Waals surface area contributed by atoms with E-state index in [9.17, 15) is 0 Å². The van der Waals surface area contributed by atoms with Gasteiger partial charge in [-0.2, -0.15) is 0 Å². The number of hydrogen-bond acceptors (Lipinski definition) is 8. The lowest BCUT2D eigenvalue weighted by Crippen LogP contribution is -2.60. The van der Waals surface area contributed by atoms with Crippen LogP contribution in [0.3, 0.4) is 0 Å². The summed E-state index contributed by atoms with van der Waals surface area (Å²) in [6, 6.07) is 7.17. The van der Waals surface area contributed by atoms with Crippen LogP contribution in [0.1, 0.15) is 77.0 Å². The zero-order chi connectivity index (χ0) is 42.2. The van der Waals surface area contributed by atoms with Gasteiger partial charge >= 0.3 is 17.6 Å². The predicted molar refractivity (Wildman–Crippen MR) is 274 cm³/mol. The second kappa shape index (κ2) is 30.4. The summed E-state index contributed by atoms with van der Waals surface area (Å²) in [5.74, 6) is 0. The van der Waals surface area contributed by atoms with Gasteiger partial charge in [0.05, 0.1) is 0 Å². The zero-order valence-corrected chi connectivity index (χ0v) is 53.4. The molecular weight excluding hydrogens is 885 g/mol. The summed E-state index contributed by atoms with van der Waals surface area (Å²) in [6.07, 6.45) is 15.1. The highest BCUT2D eigenvalue weighted by molar-refractivity contribution is 6.90. The summed E-state index contributed by atoms with van der Waals surface area (Å²) >= 11 is 0. The van der Waals surface area contributed by atoms with Gasteiger partial charge in [-0.15, -0.1) is 0 Å². The van der Waals surface area contributed by atoms with Gasteiger partial charge < -0.3 is 32.9 Å². The molecule has 0 bridgehead atoms. The molecule has 0 N–H and O–H groups in total. The molecule has 0 aliphatic carbocycles. The maximum absolute atomic E-state index is 7.32. The molecule has 0 aromatic heterocycles. The third-order valence-electron chi connectivity index (χ3n) is 9.39. The molecule has 0 saturated heterocycles. The first-order chi connectivity index (χ1) is 25.4. The monoisotopic (exact) mass is 980 g/mol. The molecule has 0 atom stereocenters. The lowest BCUT2D eigenvalue weighted by Gasteiger charge is -2.43. The normalized spacial score (nSPS) is 15.2. The van der Waals surface area contributed by atoms with E-state index in [4.69, 9.17) is 32.9 Å². The van der Waals surface area contributed by atoms with Crippen LogP contribution in [0.25, 0.3) is 0 Å². The number of rotatable bonds is 37. The SMILES string of the molecule is C[SiH](C)O[SiH2]CCCCCC[Si](C)(C)O[Si](C)(O[Si](C)(C)CCCCCC[SiH2]O[SiH](C)C)O[Si](C)(C)CCCCCC[Si](O[SiH](C)C)(O[SiH](C)C)O[SiH](C)C. The molecule has 0 rings (SSSR count). The molecule has 332 valence electrons. The average molecular weight is 982 g/mol. The van der Waals surface area contributed by atoms with Gasteiger partial charge in [-0.1, -0.05) is 70.6 Å². The molecule has 0 spiro atoms. The molecule has 8 nitrogen and oxygen atoms in total. The molecule has 0 unspecified atom stereocenters. The molecule has 0 amide bonds. The Labute approximate surface area is 362 Å². The van der Waals surface area contributed by atoms with Gasteiger partial charge in [-0.05, 0) is 141 Å². The van der Waals surface area contributed by atoms with E-state index in [1.54, 1.807) is 0 Å². The van der Waals surface area contributed by atoms with Crippen LogP contribution in [0.15, 0.2) is 0 Å². The van der Waals surface area contributed by atoms with Crippen molar-refractivity contribution in [2.75, 3.05) is 0 Å². The van der Waals surface area contributed by atoms with Crippen molar-refractivity contribution in [3.05, 3.63) is 0 Å². The molecular formula is C35H96O8Si12. The van der Waals surface area contributed by atoms with Crippen molar-refractivity contribution in [2.45, 2.75) is 225 Å². The van der Waals surface area contributed by atoms with Gasteiger partial charge in [-0.3, -0.25) is 0 Å². The molecule has 0 aromatic carbocycles. The largest absolute Gasteiger partial charge is 0.468 e. The van der Waals surface area contributed by atoms with Crippen LogP contribution >= 0.6 is 0 Å². The first-order valence-electron chi connectivity index (χ1n) is 22.8. The highest BCUT2D eigenvalue weighted by atomic mass is 28.5. The summed E-state index contributed by atoms with van der Waals surface area (Å²) in [6.45, 7) is 39.5. The summed E-state index contributed by atoms with van der Waals surface area (Å²) in [5.41, 5.74) is 0. The summed E-state index contributed by atoms with van der Waals surface area (Å²) in [5, 5.41) is 0. The molecule has 55 heavy (non-hydrogen) atoms. The van der Waals surface area contributed by atoms with E-state index in [0.29, 0.717) is 0 Å². The average Bonchev–Trinajstić information content (AvgIpc) is 2.98. The van der Waals surface area contributed by atoms with Crippen molar-refractivity contribution in [3.8, 4) is 0 Å². The highest BCUT2D eigenvalue weighted by Crippen LogP contribution is 2.32. The Hall–Kier alpha value is 2.28. The minimum absolute atomic E-state index is 0.285. The Kier molecular flexibility index (Phi) is 31.6. The number of unbranched alkanes of at least 4 members (excludes halogenated alkanes) is 9. The minimum atomic E-state index is -2.86. The van der Waals surface area contributed by atoms with Crippen LogP contribution < -0.4 is 0 Å². The van der Waals surface area contributed by atoms with Gasteiger partial charge in [0.2, 0.25) is 0 Å². The fourth-order valence-electron chi connectivity index (χ4n) is 7.31. The molecule has 0 aromatic rings. The van der Waals surface area contributed by atoms with E-state index in [-0.39, 0.29) is 19.5 Å². The van der Waals surface area contributed by atoms with Crippen molar-refractivity contribution in [3.63, 3.8) is 0 Å². The van der Waals surface area contributed by atoms with E-state index in [0.717, 1.165) is 18.5 Å². The third kappa shape index (κ3) is 33.6. The summed E-state index contributed by atoms with van der Waals surface area (Å²) in [7, 11) is -17.4. The molecule has 0 aliphatic rings. The van der Waals surface area contributed by atoms with E-state index < -0.39 is 87.8 Å². The molecule has 0 aliphatic heterocycles. The van der Waals surface area contributed by atoms with E-state index in [2.05, 4.69) is 111 Å². The fourth-order valence-corrected chi connectivity index (χ4v) is 44.6. The lowest BCUT2D eigenvalue weighted by atomic mass is 10.2. The van der Waals surface area contributed by atoms with Gasteiger partial charge in [0.1, 0.15) is 19.5 Å². The van der Waals surface area contributed by atoms with E-state index in [1.165, 1.54) is 94.8 Å². The van der Waals surface area contributed by atoms with Crippen LogP contribution in [0, 0.1) is 0 Å². The Morgan fingerprint density at radius 1 is 0.345 bits per heavy atom. The Bertz CT molecular complexity index is 885. The summed E-state index contributed by atoms with van der Waals surface area (Å²) < 4.78 is 53.9. The van der Waals surface area contributed by atoms with Crippen LogP contribution in [-0.2, 0) is 32.9 Å². The lowest BCUT2D eigenvalue weighted by molar-refractivity contribution is 0.256. The third-order valence-corrected chi connectivity index (χ3v) is 44.9. The fraction of sp³-hybridized carbons (Fsp3) is 1.00. The standard InChI is InChI=1S/C35H96O8Si12/c1-46(2)36-44-30-24-18-20-26-32-51(11,12)41-54(17,42-52(13,14)33-27-21-19-25-31-45-37-47(3)4)43-53(15,16)34-28-22-23-29-35-55(38-48(5)6,39-49(7)8)40-50(9)10/h46-50H,18-35,44-45H2,1-17H3. The van der Waals surface area contributed by atoms with E-state index >= 15 is 0 Å². The van der Waals surface area contributed by atoms with Crippen LogP contribution in [0.4, 0.5) is 0 Å². The summed E-state index contributed by atoms with van der Waals surface area (Å²) in [4.78, 5) is 0. The van der Waals surface area contributed by atoms with Crippen molar-refractivity contribution in [2.24, 2.45) is 0 Å².